The first-order valence-corrected chi connectivity index (χ1v) is 5.74. The van der Waals surface area contributed by atoms with E-state index in [-0.39, 0.29) is 0 Å². The molecule has 0 unspecified atom stereocenters. The number of amides is 1. The Kier molecular flexibility index (Phi) is 3.67. The Labute approximate surface area is 109 Å². The normalized spacial score (nSPS) is 10.0. The molecule has 0 fully saturated rings. The third-order valence-electron chi connectivity index (χ3n) is 2.26. The molecule has 0 aliphatic carbocycles. The summed E-state index contributed by atoms with van der Waals surface area (Å²) < 4.78 is 0. The molecular formula is C13H9Cl2NO. The summed E-state index contributed by atoms with van der Waals surface area (Å²) in [7, 11) is 0. The molecule has 4 heteroatoms. The molecule has 0 aliphatic rings. The summed E-state index contributed by atoms with van der Waals surface area (Å²) in [6.45, 7) is 0. The van der Waals surface area contributed by atoms with Crippen LogP contribution < -0.4 is 4.90 Å². The Morgan fingerprint density at radius 1 is 0.941 bits per heavy atom. The number of nitrogens with zero attached hydrogens (tertiary/aromatic N) is 1. The summed E-state index contributed by atoms with van der Waals surface area (Å²) in [5.41, 5.74) is 1.35. The number of carbonyl (C=O) groups excluding carboxylic acids is 1. The third-order valence-corrected chi connectivity index (χ3v) is 2.66. The highest BCUT2D eigenvalue weighted by atomic mass is 35.5. The third kappa shape index (κ3) is 2.78. The summed E-state index contributed by atoms with van der Waals surface area (Å²) in [4.78, 5) is 12.9. The number of halogens is 2. The van der Waals surface area contributed by atoms with E-state index in [1.54, 1.807) is 36.4 Å². The average molecular weight is 266 g/mol. The molecule has 0 bridgehead atoms. The van der Waals surface area contributed by atoms with Gasteiger partial charge in [0.1, 0.15) is 0 Å². The molecular weight excluding hydrogens is 257 g/mol. The standard InChI is InChI=1S/C13H9Cl2NO/c14-10-5-4-8-12(9-10)16(13(15)17)11-6-2-1-3-7-11/h1-9H. The first-order valence-electron chi connectivity index (χ1n) is 4.98. The van der Waals surface area contributed by atoms with E-state index in [1.165, 1.54) is 4.90 Å². The maximum absolute atomic E-state index is 11.5. The molecule has 2 aromatic rings. The van der Waals surface area contributed by atoms with E-state index < -0.39 is 5.37 Å². The monoisotopic (exact) mass is 265 g/mol. The van der Waals surface area contributed by atoms with Gasteiger partial charge in [-0.25, -0.2) is 0 Å². The van der Waals surface area contributed by atoms with Crippen molar-refractivity contribution < 1.29 is 4.79 Å². The van der Waals surface area contributed by atoms with Gasteiger partial charge in [0, 0.05) is 5.02 Å². The highest BCUT2D eigenvalue weighted by Crippen LogP contribution is 2.28. The first-order chi connectivity index (χ1) is 8.18. The molecule has 86 valence electrons. The van der Waals surface area contributed by atoms with Gasteiger partial charge in [-0.3, -0.25) is 9.69 Å². The fraction of sp³-hybridized carbons (Fsp3) is 0. The summed E-state index contributed by atoms with van der Waals surface area (Å²) in [6.07, 6.45) is 0. The molecule has 0 N–H and O–H groups in total. The molecule has 0 saturated carbocycles. The number of hydrogen-bond acceptors (Lipinski definition) is 1. The summed E-state index contributed by atoms with van der Waals surface area (Å²) in [5, 5.41) is -0.0141. The van der Waals surface area contributed by atoms with Crippen molar-refractivity contribution in [3.8, 4) is 0 Å². The zero-order chi connectivity index (χ0) is 12.3. The highest BCUT2D eigenvalue weighted by molar-refractivity contribution is 6.67. The molecule has 0 heterocycles. The van der Waals surface area contributed by atoms with Gasteiger partial charge < -0.3 is 0 Å². The molecule has 2 nitrogen and oxygen atoms in total. The van der Waals surface area contributed by atoms with Gasteiger partial charge in [0.2, 0.25) is 0 Å². The van der Waals surface area contributed by atoms with Crippen molar-refractivity contribution in [2.75, 3.05) is 4.90 Å². The van der Waals surface area contributed by atoms with Crippen molar-refractivity contribution in [1.82, 2.24) is 0 Å². The summed E-state index contributed by atoms with van der Waals surface area (Å²) in [6, 6.07) is 16.1. The second kappa shape index (κ2) is 5.21. The fourth-order valence-electron chi connectivity index (χ4n) is 1.54. The van der Waals surface area contributed by atoms with Crippen LogP contribution in [0.25, 0.3) is 0 Å². The fourth-order valence-corrected chi connectivity index (χ4v) is 1.92. The SMILES string of the molecule is O=C(Cl)N(c1ccccc1)c1cccc(Cl)c1. The van der Waals surface area contributed by atoms with Gasteiger partial charge in [-0.2, -0.15) is 0 Å². The number of carbonyl (C=O) groups is 1. The van der Waals surface area contributed by atoms with Gasteiger partial charge in [-0.1, -0.05) is 35.9 Å². The van der Waals surface area contributed by atoms with Crippen molar-refractivity contribution in [2.45, 2.75) is 0 Å². The van der Waals surface area contributed by atoms with Crippen molar-refractivity contribution in [3.05, 3.63) is 59.6 Å². The lowest BCUT2D eigenvalue weighted by Gasteiger charge is -2.19. The number of rotatable bonds is 2. The smallest absolute Gasteiger partial charge is 0.268 e. The van der Waals surface area contributed by atoms with Crippen molar-refractivity contribution >= 4 is 39.9 Å². The largest absolute Gasteiger partial charge is 0.325 e. The van der Waals surface area contributed by atoms with E-state index in [0.717, 1.165) is 0 Å². The van der Waals surface area contributed by atoms with Gasteiger partial charge in [0.25, 0.3) is 0 Å². The van der Waals surface area contributed by atoms with E-state index in [0.29, 0.717) is 16.4 Å². The Morgan fingerprint density at radius 3 is 2.18 bits per heavy atom. The number of hydrogen-bond donors (Lipinski definition) is 0. The second-order valence-electron chi connectivity index (χ2n) is 3.40. The summed E-state index contributed by atoms with van der Waals surface area (Å²) >= 11 is 11.5. The van der Waals surface area contributed by atoms with Crippen molar-refractivity contribution in [1.29, 1.82) is 0 Å². The molecule has 2 aromatic carbocycles. The van der Waals surface area contributed by atoms with Crippen LogP contribution in [-0.4, -0.2) is 5.37 Å². The zero-order valence-electron chi connectivity index (χ0n) is 8.81. The molecule has 0 radical (unpaired) electrons. The molecule has 0 spiro atoms. The van der Waals surface area contributed by atoms with E-state index in [1.807, 2.05) is 18.2 Å². The van der Waals surface area contributed by atoms with Gasteiger partial charge in [0.05, 0.1) is 11.4 Å². The topological polar surface area (TPSA) is 20.3 Å². The van der Waals surface area contributed by atoms with E-state index >= 15 is 0 Å². The Bertz CT molecular complexity index is 528. The van der Waals surface area contributed by atoms with Gasteiger partial charge in [0.15, 0.2) is 0 Å². The van der Waals surface area contributed by atoms with Crippen LogP contribution in [0.5, 0.6) is 0 Å². The van der Waals surface area contributed by atoms with Crippen LogP contribution in [0.1, 0.15) is 0 Å². The van der Waals surface area contributed by atoms with E-state index in [2.05, 4.69) is 0 Å². The van der Waals surface area contributed by atoms with Crippen LogP contribution in [0.15, 0.2) is 54.6 Å². The first kappa shape index (κ1) is 12.0. The van der Waals surface area contributed by atoms with Crippen LogP contribution in [0.4, 0.5) is 16.2 Å². The van der Waals surface area contributed by atoms with Crippen LogP contribution in [-0.2, 0) is 0 Å². The summed E-state index contributed by atoms with van der Waals surface area (Å²) in [5.74, 6) is 0. The lowest BCUT2D eigenvalue weighted by Crippen LogP contribution is -2.19. The van der Waals surface area contributed by atoms with Crippen molar-refractivity contribution in [3.63, 3.8) is 0 Å². The molecule has 0 atom stereocenters. The lowest BCUT2D eigenvalue weighted by atomic mass is 10.2. The van der Waals surface area contributed by atoms with Crippen LogP contribution in [0, 0.1) is 0 Å². The number of anilines is 2. The van der Waals surface area contributed by atoms with E-state index in [4.69, 9.17) is 23.2 Å². The molecule has 17 heavy (non-hydrogen) atoms. The predicted molar refractivity (Wildman–Crippen MR) is 71.3 cm³/mol. The second-order valence-corrected chi connectivity index (χ2v) is 4.16. The molecule has 2 rings (SSSR count). The quantitative estimate of drug-likeness (QED) is 0.562. The van der Waals surface area contributed by atoms with Crippen LogP contribution >= 0.6 is 23.2 Å². The molecule has 0 aromatic heterocycles. The Morgan fingerprint density at radius 2 is 1.59 bits per heavy atom. The number of benzene rings is 2. The number of para-hydroxylation sites is 1. The highest BCUT2D eigenvalue weighted by Gasteiger charge is 2.15. The van der Waals surface area contributed by atoms with Gasteiger partial charge in [-0.05, 0) is 41.9 Å². The van der Waals surface area contributed by atoms with Gasteiger partial charge in [-0.15, -0.1) is 0 Å². The van der Waals surface area contributed by atoms with Crippen LogP contribution in [0.3, 0.4) is 0 Å². The minimum Gasteiger partial charge on any atom is -0.268 e. The van der Waals surface area contributed by atoms with E-state index in [9.17, 15) is 4.79 Å². The van der Waals surface area contributed by atoms with Crippen LogP contribution in [0.2, 0.25) is 5.02 Å². The maximum atomic E-state index is 11.5. The lowest BCUT2D eigenvalue weighted by molar-refractivity contribution is 0.266. The zero-order valence-corrected chi connectivity index (χ0v) is 10.3. The molecule has 0 saturated heterocycles. The maximum Gasteiger partial charge on any atom is 0.325 e. The average Bonchev–Trinajstić information content (AvgIpc) is 2.30. The van der Waals surface area contributed by atoms with Crippen molar-refractivity contribution in [2.24, 2.45) is 0 Å². The molecule has 1 amide bonds. The predicted octanol–water partition coefficient (Wildman–Crippen LogP) is 4.84. The Balaban J connectivity index is 2.47. The Hall–Kier alpha value is -1.51. The minimum absolute atomic E-state index is 0.557. The van der Waals surface area contributed by atoms with Gasteiger partial charge >= 0.3 is 5.37 Å². The minimum atomic E-state index is -0.571. The molecule has 0 aliphatic heterocycles.